The van der Waals surface area contributed by atoms with E-state index in [1.807, 2.05) is 19.9 Å². The second-order valence-corrected chi connectivity index (χ2v) is 4.27. The molecular formula is C13H22N2S. The van der Waals surface area contributed by atoms with Gasteiger partial charge in [-0.1, -0.05) is 43.7 Å². The third-order valence-electron chi connectivity index (χ3n) is 1.85. The molecule has 0 amide bonds. The molecule has 0 aliphatic rings. The molecule has 16 heavy (non-hydrogen) atoms. The summed E-state index contributed by atoms with van der Waals surface area (Å²) in [6, 6.07) is 10.1. The van der Waals surface area contributed by atoms with Crippen LogP contribution in [0.25, 0.3) is 0 Å². The summed E-state index contributed by atoms with van der Waals surface area (Å²) in [5, 5.41) is 8.48. The lowest BCUT2D eigenvalue weighted by atomic mass is 10.2. The van der Waals surface area contributed by atoms with Crippen LogP contribution in [0.5, 0.6) is 0 Å². The highest BCUT2D eigenvalue weighted by Gasteiger charge is 1.99. The second-order valence-electron chi connectivity index (χ2n) is 3.24. The fraction of sp³-hybridized carbons (Fsp3) is 0.462. The van der Waals surface area contributed by atoms with Gasteiger partial charge in [0.2, 0.25) is 0 Å². The summed E-state index contributed by atoms with van der Waals surface area (Å²) in [6.07, 6.45) is 0. The highest BCUT2D eigenvalue weighted by molar-refractivity contribution is 7.98. The van der Waals surface area contributed by atoms with Crippen molar-refractivity contribution in [2.75, 3.05) is 5.75 Å². The molecule has 1 atom stereocenters. The van der Waals surface area contributed by atoms with Crippen LogP contribution in [-0.4, -0.2) is 11.8 Å². The van der Waals surface area contributed by atoms with E-state index in [1.54, 1.807) is 11.8 Å². The third-order valence-corrected chi connectivity index (χ3v) is 2.98. The maximum absolute atomic E-state index is 8.48. The molecule has 0 aliphatic heterocycles. The topological polar surface area (TPSA) is 49.8 Å². The van der Waals surface area contributed by atoms with E-state index >= 15 is 0 Å². The third kappa shape index (κ3) is 6.49. The van der Waals surface area contributed by atoms with Crippen LogP contribution in [0.2, 0.25) is 0 Å². The van der Waals surface area contributed by atoms with E-state index in [1.165, 1.54) is 11.1 Å². The normalized spacial score (nSPS) is 10.9. The van der Waals surface area contributed by atoms with Crippen molar-refractivity contribution in [1.29, 1.82) is 5.26 Å². The Kier molecular flexibility index (Phi) is 8.69. The summed E-state index contributed by atoms with van der Waals surface area (Å²) in [5.41, 5.74) is 8.03. The average molecular weight is 238 g/mol. The Morgan fingerprint density at radius 2 is 1.94 bits per heavy atom. The van der Waals surface area contributed by atoms with Crippen molar-refractivity contribution in [3.63, 3.8) is 0 Å². The van der Waals surface area contributed by atoms with Crippen LogP contribution in [0.1, 0.15) is 26.4 Å². The van der Waals surface area contributed by atoms with Gasteiger partial charge in [-0.3, -0.25) is 0 Å². The standard InChI is InChI=1S/C11H14N2S.C2H6.H2/c1-9-2-4-10(5-3-9)7-14-8-11(13)6-12;1-2;/h2-5,11H,7-8,13H2,1H3;1-2H3;1H. The van der Waals surface area contributed by atoms with E-state index in [0.29, 0.717) is 5.75 Å². The number of aryl methyl sites for hydroxylation is 1. The number of nitriles is 1. The minimum Gasteiger partial charge on any atom is -0.315 e. The van der Waals surface area contributed by atoms with Crippen molar-refractivity contribution >= 4 is 11.8 Å². The molecule has 0 saturated carbocycles. The molecule has 1 rings (SSSR count). The van der Waals surface area contributed by atoms with Crippen LogP contribution < -0.4 is 5.73 Å². The van der Waals surface area contributed by atoms with Gasteiger partial charge in [0.1, 0.15) is 6.04 Å². The number of hydrogen-bond acceptors (Lipinski definition) is 3. The number of thioether (sulfide) groups is 1. The first-order chi connectivity index (χ1) is 7.72. The van der Waals surface area contributed by atoms with Crippen molar-refractivity contribution in [2.24, 2.45) is 5.73 Å². The lowest BCUT2D eigenvalue weighted by Crippen LogP contribution is -2.19. The van der Waals surface area contributed by atoms with Crippen molar-refractivity contribution in [3.8, 4) is 6.07 Å². The summed E-state index contributed by atoms with van der Waals surface area (Å²) in [6.45, 7) is 6.07. The van der Waals surface area contributed by atoms with Gasteiger partial charge in [-0.2, -0.15) is 17.0 Å². The largest absolute Gasteiger partial charge is 0.315 e. The Labute approximate surface area is 104 Å². The molecule has 3 heteroatoms. The zero-order valence-corrected chi connectivity index (χ0v) is 11.1. The predicted octanol–water partition coefficient (Wildman–Crippen LogP) is 3.35. The summed E-state index contributed by atoms with van der Waals surface area (Å²) in [4.78, 5) is 0. The van der Waals surface area contributed by atoms with E-state index in [-0.39, 0.29) is 7.47 Å². The van der Waals surface area contributed by atoms with Crippen LogP contribution in [0, 0.1) is 18.3 Å². The highest BCUT2D eigenvalue weighted by atomic mass is 32.2. The van der Waals surface area contributed by atoms with Crippen molar-refractivity contribution in [3.05, 3.63) is 35.4 Å². The van der Waals surface area contributed by atoms with E-state index in [9.17, 15) is 0 Å². The van der Waals surface area contributed by atoms with Gasteiger partial charge < -0.3 is 5.73 Å². The second kappa shape index (κ2) is 9.26. The van der Waals surface area contributed by atoms with Gasteiger partial charge in [-0.25, -0.2) is 0 Å². The van der Waals surface area contributed by atoms with Crippen molar-refractivity contribution in [2.45, 2.75) is 32.6 Å². The fourth-order valence-corrected chi connectivity index (χ4v) is 1.90. The zero-order valence-electron chi connectivity index (χ0n) is 10.2. The molecule has 2 nitrogen and oxygen atoms in total. The number of nitrogens with two attached hydrogens (primary N) is 1. The number of rotatable bonds is 4. The van der Waals surface area contributed by atoms with Crippen LogP contribution in [0.3, 0.4) is 0 Å². The summed E-state index contributed by atoms with van der Waals surface area (Å²) < 4.78 is 0. The molecule has 0 radical (unpaired) electrons. The van der Waals surface area contributed by atoms with E-state index in [0.717, 1.165) is 5.75 Å². The first-order valence-corrected chi connectivity index (χ1v) is 6.66. The van der Waals surface area contributed by atoms with Crippen LogP contribution in [0.15, 0.2) is 24.3 Å². The maximum Gasteiger partial charge on any atom is 0.102 e. The van der Waals surface area contributed by atoms with Gasteiger partial charge in [0, 0.05) is 12.9 Å². The quantitative estimate of drug-likeness (QED) is 0.875. The average Bonchev–Trinajstić information content (AvgIpc) is 2.34. The van der Waals surface area contributed by atoms with Gasteiger partial charge in [0.25, 0.3) is 0 Å². The van der Waals surface area contributed by atoms with Crippen molar-refractivity contribution in [1.82, 2.24) is 0 Å². The Hall–Kier alpha value is -0.980. The van der Waals surface area contributed by atoms with Gasteiger partial charge in [0.05, 0.1) is 6.07 Å². The summed E-state index contributed by atoms with van der Waals surface area (Å²) in [5.74, 6) is 1.63. The molecule has 0 aromatic heterocycles. The molecule has 0 fully saturated rings. The SMILES string of the molecule is CC.Cc1ccc(CSCC(N)C#N)cc1.[HH]. The maximum atomic E-state index is 8.48. The Morgan fingerprint density at radius 1 is 1.38 bits per heavy atom. The van der Waals surface area contributed by atoms with Gasteiger partial charge in [-0.05, 0) is 12.5 Å². The smallest absolute Gasteiger partial charge is 0.102 e. The molecule has 0 spiro atoms. The number of hydrogen-bond donors (Lipinski definition) is 1. The van der Waals surface area contributed by atoms with Gasteiger partial charge >= 0.3 is 0 Å². The zero-order chi connectivity index (χ0) is 12.4. The number of nitrogens with zero attached hydrogens (tertiary/aromatic N) is 1. The van der Waals surface area contributed by atoms with Crippen molar-refractivity contribution < 1.29 is 1.43 Å². The first-order valence-electron chi connectivity index (χ1n) is 5.51. The van der Waals surface area contributed by atoms with Crippen LogP contribution >= 0.6 is 11.8 Å². The van der Waals surface area contributed by atoms with Gasteiger partial charge in [0.15, 0.2) is 0 Å². The molecule has 90 valence electrons. The molecule has 1 aromatic rings. The Balaban J connectivity index is 0. The highest BCUT2D eigenvalue weighted by Crippen LogP contribution is 2.13. The van der Waals surface area contributed by atoms with Gasteiger partial charge in [-0.15, -0.1) is 0 Å². The van der Waals surface area contributed by atoms with Crippen LogP contribution in [-0.2, 0) is 5.75 Å². The lowest BCUT2D eigenvalue weighted by Gasteiger charge is -2.03. The summed E-state index contributed by atoms with van der Waals surface area (Å²) >= 11 is 1.70. The Bertz CT molecular complexity index is 319. The predicted molar refractivity (Wildman–Crippen MR) is 74.4 cm³/mol. The monoisotopic (exact) mass is 238 g/mol. The number of benzene rings is 1. The minimum atomic E-state index is -0.342. The van der Waals surface area contributed by atoms with E-state index in [4.69, 9.17) is 11.0 Å². The molecule has 1 unspecified atom stereocenters. The molecule has 0 saturated heterocycles. The molecule has 0 bridgehead atoms. The van der Waals surface area contributed by atoms with E-state index in [2.05, 4.69) is 31.2 Å². The van der Waals surface area contributed by atoms with Crippen LogP contribution in [0.4, 0.5) is 0 Å². The first kappa shape index (κ1) is 15.0. The minimum absolute atomic E-state index is 0. The molecule has 1 aromatic carbocycles. The molecule has 2 N–H and O–H groups in total. The molecule has 0 heterocycles. The molecule has 0 aliphatic carbocycles. The van der Waals surface area contributed by atoms with E-state index < -0.39 is 0 Å². The lowest BCUT2D eigenvalue weighted by molar-refractivity contribution is 0.953. The molecular weight excluding hydrogens is 216 g/mol. The fourth-order valence-electron chi connectivity index (χ4n) is 1.03. The summed E-state index contributed by atoms with van der Waals surface area (Å²) in [7, 11) is 0. The Morgan fingerprint density at radius 3 is 2.44 bits per heavy atom.